The number of aryl methyl sites for hydroxylation is 1. The van der Waals surface area contributed by atoms with E-state index in [1.165, 1.54) is 24.1 Å². The Hall–Kier alpha value is -0.850. The van der Waals surface area contributed by atoms with Crippen molar-refractivity contribution in [2.75, 3.05) is 0 Å². The Morgan fingerprint density at radius 3 is 2.90 bits per heavy atom. The van der Waals surface area contributed by atoms with E-state index in [2.05, 4.69) is 18.0 Å². The van der Waals surface area contributed by atoms with Crippen molar-refractivity contribution in [3.63, 3.8) is 0 Å². The lowest BCUT2D eigenvalue weighted by molar-refractivity contribution is 0.996. The number of rotatable bonds is 1. The molecule has 52 valence electrons. The summed E-state index contributed by atoms with van der Waals surface area (Å²) in [6.07, 6.45) is 4.58. The zero-order chi connectivity index (χ0) is 6.97. The predicted molar refractivity (Wildman–Crippen MR) is 40.9 cm³/mol. The molecule has 0 unspecified atom stereocenters. The maximum Gasteiger partial charge on any atom is 0.0463 e. The van der Waals surface area contributed by atoms with Crippen LogP contribution in [0.25, 0.3) is 0 Å². The molecule has 10 heavy (non-hydrogen) atoms. The minimum atomic E-state index is 0.793. The monoisotopic (exact) mass is 133 g/mol. The van der Waals surface area contributed by atoms with Gasteiger partial charge in [-0.3, -0.25) is 4.98 Å². The number of pyridine rings is 1. The van der Waals surface area contributed by atoms with E-state index in [9.17, 15) is 0 Å². The van der Waals surface area contributed by atoms with Gasteiger partial charge in [-0.15, -0.1) is 0 Å². The average Bonchev–Trinajstić information content (AvgIpc) is 2.71. The lowest BCUT2D eigenvalue weighted by atomic mass is 10.1. The second kappa shape index (κ2) is 2.08. The molecule has 1 nitrogen and oxygen atoms in total. The van der Waals surface area contributed by atoms with Crippen molar-refractivity contribution in [2.45, 2.75) is 25.7 Å². The molecule has 0 atom stereocenters. The van der Waals surface area contributed by atoms with E-state index in [0.29, 0.717) is 0 Å². The van der Waals surface area contributed by atoms with E-state index >= 15 is 0 Å². The van der Waals surface area contributed by atoms with Gasteiger partial charge in [-0.25, -0.2) is 0 Å². The Morgan fingerprint density at radius 1 is 1.50 bits per heavy atom. The fourth-order valence-electron chi connectivity index (χ4n) is 1.28. The molecule has 1 aliphatic carbocycles. The van der Waals surface area contributed by atoms with Crippen molar-refractivity contribution in [3.05, 3.63) is 29.6 Å². The van der Waals surface area contributed by atoms with Crippen LogP contribution in [0.15, 0.2) is 18.3 Å². The molecule has 1 fully saturated rings. The minimum absolute atomic E-state index is 0.793. The van der Waals surface area contributed by atoms with Crippen molar-refractivity contribution >= 4 is 0 Å². The first kappa shape index (κ1) is 5.90. The van der Waals surface area contributed by atoms with Crippen molar-refractivity contribution in [3.8, 4) is 0 Å². The molecule has 0 aliphatic heterocycles. The minimum Gasteiger partial charge on any atom is -0.261 e. The number of hydrogen-bond donors (Lipinski definition) is 0. The Balaban J connectivity index is 2.39. The smallest absolute Gasteiger partial charge is 0.0463 e. The second-order valence-corrected chi connectivity index (χ2v) is 2.98. The topological polar surface area (TPSA) is 12.9 Å². The zero-order valence-electron chi connectivity index (χ0n) is 6.17. The zero-order valence-corrected chi connectivity index (χ0v) is 6.17. The molecule has 1 aliphatic rings. The number of nitrogens with zero attached hydrogens (tertiary/aromatic N) is 1. The quantitative estimate of drug-likeness (QED) is 0.572. The maximum absolute atomic E-state index is 4.34. The van der Waals surface area contributed by atoms with E-state index in [0.717, 1.165) is 5.92 Å². The molecule has 1 heteroatoms. The van der Waals surface area contributed by atoms with Gasteiger partial charge in [0.25, 0.3) is 0 Å². The highest BCUT2D eigenvalue weighted by atomic mass is 14.7. The van der Waals surface area contributed by atoms with Crippen LogP contribution < -0.4 is 0 Å². The summed E-state index contributed by atoms with van der Waals surface area (Å²) >= 11 is 0. The Morgan fingerprint density at radius 2 is 2.30 bits per heavy atom. The van der Waals surface area contributed by atoms with Gasteiger partial charge in [0.1, 0.15) is 0 Å². The Labute approximate surface area is 61.1 Å². The van der Waals surface area contributed by atoms with Gasteiger partial charge in [-0.1, -0.05) is 6.07 Å². The SMILES string of the molecule is Cc1cccnc1C1CC1. The van der Waals surface area contributed by atoms with Crippen molar-refractivity contribution < 1.29 is 0 Å². The standard InChI is InChI=1S/C9H11N/c1-7-3-2-6-10-9(7)8-4-5-8/h2-3,6,8H,4-5H2,1H3. The van der Waals surface area contributed by atoms with Gasteiger partial charge in [0.05, 0.1) is 0 Å². The molecule has 1 heterocycles. The molecule has 1 aromatic heterocycles. The molecule has 0 aromatic carbocycles. The highest BCUT2D eigenvalue weighted by Crippen LogP contribution is 2.39. The summed E-state index contributed by atoms with van der Waals surface area (Å²) in [7, 11) is 0. The van der Waals surface area contributed by atoms with Crippen LogP contribution in [0.1, 0.15) is 30.0 Å². The van der Waals surface area contributed by atoms with Gasteiger partial charge in [0, 0.05) is 17.8 Å². The first-order valence-corrected chi connectivity index (χ1v) is 3.79. The fourth-order valence-corrected chi connectivity index (χ4v) is 1.28. The summed E-state index contributed by atoms with van der Waals surface area (Å²) in [5.41, 5.74) is 2.67. The van der Waals surface area contributed by atoms with Crippen molar-refractivity contribution in [1.82, 2.24) is 4.98 Å². The second-order valence-electron chi connectivity index (χ2n) is 2.98. The molecule has 0 radical (unpaired) electrons. The average molecular weight is 133 g/mol. The third-order valence-corrected chi connectivity index (χ3v) is 2.01. The molecule has 0 spiro atoms. The summed E-state index contributed by atoms with van der Waals surface area (Å²) in [5, 5.41) is 0. The molecule has 0 N–H and O–H groups in total. The largest absolute Gasteiger partial charge is 0.261 e. The molecular weight excluding hydrogens is 122 g/mol. The first-order chi connectivity index (χ1) is 4.88. The molecule has 2 rings (SSSR count). The fraction of sp³-hybridized carbons (Fsp3) is 0.444. The molecule has 1 aromatic rings. The summed E-state index contributed by atoms with van der Waals surface area (Å²) in [5.74, 6) is 0.793. The van der Waals surface area contributed by atoms with Gasteiger partial charge in [0.15, 0.2) is 0 Å². The van der Waals surface area contributed by atoms with Crippen LogP contribution in [0.5, 0.6) is 0 Å². The van der Waals surface area contributed by atoms with Crippen LogP contribution in [-0.4, -0.2) is 4.98 Å². The predicted octanol–water partition coefficient (Wildman–Crippen LogP) is 2.27. The van der Waals surface area contributed by atoms with Crippen LogP contribution in [0.4, 0.5) is 0 Å². The van der Waals surface area contributed by atoms with Crippen LogP contribution >= 0.6 is 0 Å². The van der Waals surface area contributed by atoms with Gasteiger partial charge in [-0.2, -0.15) is 0 Å². The number of hydrogen-bond acceptors (Lipinski definition) is 1. The van der Waals surface area contributed by atoms with E-state index in [-0.39, 0.29) is 0 Å². The van der Waals surface area contributed by atoms with E-state index < -0.39 is 0 Å². The van der Waals surface area contributed by atoms with Crippen LogP contribution in [0.2, 0.25) is 0 Å². The van der Waals surface area contributed by atoms with Crippen LogP contribution in [-0.2, 0) is 0 Å². The van der Waals surface area contributed by atoms with E-state index in [1.54, 1.807) is 0 Å². The van der Waals surface area contributed by atoms with Crippen LogP contribution in [0, 0.1) is 6.92 Å². The van der Waals surface area contributed by atoms with E-state index in [1.807, 2.05) is 12.3 Å². The summed E-state index contributed by atoms with van der Waals surface area (Å²) in [6.45, 7) is 2.14. The van der Waals surface area contributed by atoms with Gasteiger partial charge < -0.3 is 0 Å². The number of aromatic nitrogens is 1. The molecule has 1 saturated carbocycles. The molecular formula is C9H11N. The normalized spacial score (nSPS) is 17.3. The van der Waals surface area contributed by atoms with Crippen molar-refractivity contribution in [1.29, 1.82) is 0 Å². The van der Waals surface area contributed by atoms with Gasteiger partial charge in [-0.05, 0) is 31.4 Å². The summed E-state index contributed by atoms with van der Waals surface area (Å²) < 4.78 is 0. The molecule has 0 bridgehead atoms. The van der Waals surface area contributed by atoms with Gasteiger partial charge >= 0.3 is 0 Å². The van der Waals surface area contributed by atoms with Gasteiger partial charge in [0.2, 0.25) is 0 Å². The maximum atomic E-state index is 4.34. The lowest BCUT2D eigenvalue weighted by Crippen LogP contribution is -1.88. The highest BCUT2D eigenvalue weighted by Gasteiger charge is 2.25. The third kappa shape index (κ3) is 0.919. The summed E-state index contributed by atoms with van der Waals surface area (Å²) in [6, 6.07) is 4.14. The van der Waals surface area contributed by atoms with E-state index in [4.69, 9.17) is 0 Å². The first-order valence-electron chi connectivity index (χ1n) is 3.79. The summed E-state index contributed by atoms with van der Waals surface area (Å²) in [4.78, 5) is 4.34. The Kier molecular flexibility index (Phi) is 1.23. The Bertz CT molecular complexity index is 238. The molecule has 0 amide bonds. The molecule has 0 saturated heterocycles. The highest BCUT2D eigenvalue weighted by molar-refractivity contribution is 5.24. The van der Waals surface area contributed by atoms with Crippen molar-refractivity contribution in [2.24, 2.45) is 0 Å². The van der Waals surface area contributed by atoms with Crippen LogP contribution in [0.3, 0.4) is 0 Å². The lowest BCUT2D eigenvalue weighted by Gasteiger charge is -1.99. The third-order valence-electron chi connectivity index (χ3n) is 2.01.